The average Bonchev–Trinajstić information content (AvgIpc) is 3.14. The molecule has 2 saturated heterocycles. The number of nitrogens with zero attached hydrogens (tertiary/aromatic N) is 1. The Hall–Kier alpha value is -1.87. The molecule has 1 aromatic heterocycles. The number of H-pyrrole nitrogens is 1. The van der Waals surface area contributed by atoms with Crippen LogP contribution in [0.2, 0.25) is 0 Å². The summed E-state index contributed by atoms with van der Waals surface area (Å²) in [5, 5.41) is 52.6. The minimum absolute atomic E-state index is 0.731. The topological polar surface area (TPSA) is 317 Å². The van der Waals surface area contributed by atoms with Crippen molar-refractivity contribution in [3.05, 3.63) is 33.1 Å². The predicted octanol–water partition coefficient (Wildman–Crippen LogP) is -4.83. The number of aliphatic hydroxyl groups is 5. The van der Waals surface area contributed by atoms with Gasteiger partial charge in [-0.15, -0.1) is 0 Å². The predicted molar refractivity (Wildman–Crippen MR) is 130 cm³/mol. The minimum Gasteiger partial charge on any atom is -0.394 e. The lowest BCUT2D eigenvalue weighted by atomic mass is 9.91. The summed E-state index contributed by atoms with van der Waals surface area (Å²) in [6.45, 7) is -0.803. The molecule has 11 atom stereocenters. The maximum atomic E-state index is 12.6. The molecule has 22 heteroatoms. The third-order valence-corrected chi connectivity index (χ3v) is 8.56. The Morgan fingerprint density at radius 1 is 1.05 bits per heavy atom. The summed E-state index contributed by atoms with van der Waals surface area (Å²) in [5.74, 6) is -3.18. The van der Waals surface area contributed by atoms with Crippen LogP contribution in [0.1, 0.15) is 19.6 Å². The molecule has 3 rings (SSSR count). The second kappa shape index (κ2) is 13.2. The Balaban J connectivity index is 1.72. The Morgan fingerprint density at radius 3 is 2.24 bits per heavy atom. The van der Waals surface area contributed by atoms with Gasteiger partial charge < -0.3 is 55.0 Å². The second-order valence-electron chi connectivity index (χ2n) is 9.32. The van der Waals surface area contributed by atoms with Gasteiger partial charge in [-0.1, -0.05) is 0 Å². The van der Waals surface area contributed by atoms with Crippen LogP contribution in [0.15, 0.2) is 21.9 Å². The quantitative estimate of drug-likeness (QED) is 0.102. The Labute approximate surface area is 229 Å². The number of aromatic amines is 1. The summed E-state index contributed by atoms with van der Waals surface area (Å²) < 4.78 is 45.6. The summed E-state index contributed by atoms with van der Waals surface area (Å²) >= 11 is 0. The lowest BCUT2D eigenvalue weighted by Crippen LogP contribution is -2.64. The van der Waals surface area contributed by atoms with Crippen LogP contribution in [0.4, 0.5) is 0 Å². The Kier molecular flexibility index (Phi) is 10.8. The smallest absolute Gasteiger partial charge is 0.394 e. The normalized spacial score (nSPS) is 34.6. The van der Waals surface area contributed by atoms with Gasteiger partial charge >= 0.3 is 21.1 Å². The molecule has 20 nitrogen and oxygen atoms in total. The van der Waals surface area contributed by atoms with E-state index in [0.717, 1.165) is 23.8 Å². The molecule has 41 heavy (non-hydrogen) atoms. The molecule has 0 radical (unpaired) electrons. The van der Waals surface area contributed by atoms with Crippen LogP contribution in [0, 0.1) is 0 Å². The number of aliphatic hydroxyl groups excluding tert-OH is 5. The number of rotatable bonds is 11. The molecule has 2 aliphatic heterocycles. The van der Waals surface area contributed by atoms with Crippen molar-refractivity contribution in [1.82, 2.24) is 14.9 Å². The van der Waals surface area contributed by atoms with Crippen molar-refractivity contribution >= 4 is 21.3 Å². The summed E-state index contributed by atoms with van der Waals surface area (Å²) in [6.07, 6.45) is -13.2. The number of aromatic nitrogens is 2. The van der Waals surface area contributed by atoms with Gasteiger partial charge in [-0.05, 0) is 0 Å². The molecule has 2 unspecified atom stereocenters. The van der Waals surface area contributed by atoms with Gasteiger partial charge in [-0.2, -0.15) is 0 Å². The first kappa shape index (κ1) is 33.6. The number of carbonyl (C=O) groups is 1. The van der Waals surface area contributed by atoms with E-state index in [4.69, 9.17) is 14.0 Å². The largest absolute Gasteiger partial charge is 0.473 e. The van der Waals surface area contributed by atoms with Crippen LogP contribution in [-0.2, 0) is 32.4 Å². The van der Waals surface area contributed by atoms with Crippen molar-refractivity contribution in [2.45, 2.75) is 74.2 Å². The molecule has 0 aromatic carbocycles. The number of phosphoric ester groups is 1. The van der Waals surface area contributed by atoms with E-state index in [1.165, 1.54) is 0 Å². The zero-order valence-corrected chi connectivity index (χ0v) is 22.9. The van der Waals surface area contributed by atoms with Gasteiger partial charge in [-0.25, -0.2) is 9.36 Å². The molecule has 1 amide bonds. The van der Waals surface area contributed by atoms with Gasteiger partial charge in [0.25, 0.3) is 5.56 Å². The van der Waals surface area contributed by atoms with Crippen molar-refractivity contribution in [3.8, 4) is 0 Å². The lowest BCUT2D eigenvalue weighted by molar-refractivity contribution is -0.199. The van der Waals surface area contributed by atoms with Crippen molar-refractivity contribution in [1.29, 1.82) is 0 Å². The molecule has 0 saturated carbocycles. The summed E-state index contributed by atoms with van der Waals surface area (Å²) in [5.41, 5.74) is -1.75. The van der Waals surface area contributed by atoms with Crippen molar-refractivity contribution in [2.75, 3.05) is 13.2 Å². The van der Waals surface area contributed by atoms with E-state index in [2.05, 4.69) is 9.84 Å². The number of phosphoric acid groups is 1. The van der Waals surface area contributed by atoms with Gasteiger partial charge in [0, 0.05) is 25.6 Å². The van der Waals surface area contributed by atoms with Gasteiger partial charge in [-0.3, -0.25) is 32.8 Å². The van der Waals surface area contributed by atoms with Gasteiger partial charge in [0.15, 0.2) is 12.1 Å². The van der Waals surface area contributed by atoms with Crippen molar-refractivity contribution in [2.24, 2.45) is 0 Å². The molecule has 10 N–H and O–H groups in total. The molecule has 3 heterocycles. The monoisotopic (exact) mass is 635 g/mol. The first-order chi connectivity index (χ1) is 18.9. The fraction of sp³-hybridized carbons (Fsp3) is 0.737. The molecule has 0 spiro atoms. The van der Waals surface area contributed by atoms with Crippen LogP contribution in [0.5, 0.6) is 0 Å². The Morgan fingerprint density at radius 2 is 1.68 bits per heavy atom. The molecular formula is C19H31N3O17P2. The highest BCUT2D eigenvalue weighted by molar-refractivity contribution is 7.54. The maximum absolute atomic E-state index is 12.6. The fourth-order valence-corrected chi connectivity index (χ4v) is 6.45. The van der Waals surface area contributed by atoms with E-state index in [1.54, 1.807) is 0 Å². The van der Waals surface area contributed by atoms with E-state index in [0.29, 0.717) is 0 Å². The first-order valence-corrected chi connectivity index (χ1v) is 15.1. The van der Waals surface area contributed by atoms with Crippen molar-refractivity contribution in [3.63, 3.8) is 0 Å². The summed E-state index contributed by atoms with van der Waals surface area (Å²) in [6, 6.07) is -0.556. The number of hydrogen-bond acceptors (Lipinski definition) is 14. The maximum Gasteiger partial charge on any atom is 0.473 e. The van der Waals surface area contributed by atoms with E-state index >= 15 is 0 Å². The number of ether oxygens (including phenoxy) is 2. The zero-order valence-electron chi connectivity index (χ0n) is 21.1. The number of nitrogens with one attached hydrogen (secondary N) is 2. The lowest BCUT2D eigenvalue weighted by Gasteiger charge is -2.43. The molecule has 0 aliphatic carbocycles. The molecular weight excluding hydrogens is 604 g/mol. The van der Waals surface area contributed by atoms with Gasteiger partial charge in [0.2, 0.25) is 5.91 Å². The fourth-order valence-electron chi connectivity index (χ4n) is 4.32. The Bertz CT molecular complexity index is 1280. The third-order valence-electron chi connectivity index (χ3n) is 6.33. The van der Waals surface area contributed by atoms with Crippen LogP contribution in [0.25, 0.3) is 0 Å². The average molecular weight is 635 g/mol. The van der Waals surface area contributed by atoms with E-state index in [1.807, 2.05) is 4.98 Å². The minimum atomic E-state index is -5.41. The van der Waals surface area contributed by atoms with E-state index in [-0.39, 0.29) is 0 Å². The number of amides is 1. The second-order valence-corrected chi connectivity index (χ2v) is 12.5. The SMILES string of the molecule is CC(=O)N[C@@H]1[C@@H](O)[C@H](O)[C@@H](CO)O[C@@H]1CC(OP(=O)(O)OC[C@H]1O[C@@H](n2ccc(=O)[nH]c2=O)[C@H](O)[C@@H]1O)P(=O)(O)O. The van der Waals surface area contributed by atoms with Crippen LogP contribution >= 0.6 is 15.4 Å². The third kappa shape index (κ3) is 8.15. The molecule has 1 aromatic rings. The van der Waals surface area contributed by atoms with Gasteiger partial charge in [0.05, 0.1) is 25.4 Å². The number of carbonyl (C=O) groups excluding carboxylic acids is 1. The standard InChI is InChI=1S/C19H31N3O17P2/c1-7(24)20-13-8(37-9(5-23)14(26)16(13)28)4-12(40(31,32)33)39-41(34,35)36-6-10-15(27)17(29)18(38-10)22-3-2-11(25)21-19(22)30/h2-3,8-10,12-18,23,26-29H,4-6H2,1H3,(H,20,24)(H,34,35)(H,21,25,30)(H2,31,32,33)/t8-,9-,10-,12?,13+,14-,15-,16-,17-,18-/m1/s1. The summed E-state index contributed by atoms with van der Waals surface area (Å²) in [7, 11) is -10.8. The molecule has 0 bridgehead atoms. The molecule has 2 aliphatic rings. The van der Waals surface area contributed by atoms with Crippen LogP contribution < -0.4 is 16.6 Å². The zero-order chi connectivity index (χ0) is 30.9. The van der Waals surface area contributed by atoms with Crippen LogP contribution in [0.3, 0.4) is 0 Å². The summed E-state index contributed by atoms with van der Waals surface area (Å²) in [4.78, 5) is 66.5. The highest BCUT2D eigenvalue weighted by Gasteiger charge is 2.49. The highest BCUT2D eigenvalue weighted by atomic mass is 31.2. The van der Waals surface area contributed by atoms with E-state index < -0.39 is 113 Å². The highest BCUT2D eigenvalue weighted by Crippen LogP contribution is 2.55. The molecule has 234 valence electrons. The van der Waals surface area contributed by atoms with Crippen LogP contribution in [-0.4, -0.2) is 123 Å². The first-order valence-electron chi connectivity index (χ1n) is 11.9. The molecule has 2 fully saturated rings. The van der Waals surface area contributed by atoms with Crippen molar-refractivity contribution < 1.29 is 72.7 Å². The van der Waals surface area contributed by atoms with Gasteiger partial charge in [0.1, 0.15) is 36.6 Å². The number of hydrogen-bond donors (Lipinski definition) is 10. The van der Waals surface area contributed by atoms with E-state index in [9.17, 15) is 63.7 Å².